The van der Waals surface area contributed by atoms with Crippen LogP contribution < -0.4 is 5.32 Å². The summed E-state index contributed by atoms with van der Waals surface area (Å²) in [6.45, 7) is 1.67. The first-order valence-electron chi connectivity index (χ1n) is 8.86. The summed E-state index contributed by atoms with van der Waals surface area (Å²) in [6, 6.07) is 7.75. The van der Waals surface area contributed by atoms with Gasteiger partial charge in [-0.3, -0.25) is 4.79 Å². The Hall–Kier alpha value is -3.39. The Morgan fingerprint density at radius 1 is 1.10 bits per heavy atom. The van der Waals surface area contributed by atoms with Crippen LogP contribution >= 0.6 is 11.6 Å². The van der Waals surface area contributed by atoms with Crippen LogP contribution in [0.4, 0.5) is 13.2 Å². The average Bonchev–Trinajstić information content (AvgIpc) is 3.13. The monoisotopic (exact) mass is 430 g/mol. The molecule has 0 unspecified atom stereocenters. The molecule has 1 amide bonds. The predicted octanol–water partition coefficient (Wildman–Crippen LogP) is 4.71. The first-order chi connectivity index (χ1) is 14.4. The molecule has 0 spiro atoms. The van der Waals surface area contributed by atoms with Gasteiger partial charge in [0.25, 0.3) is 5.91 Å². The Morgan fingerprint density at radius 2 is 1.90 bits per heavy atom. The SMILES string of the molecule is Cc1c(C(=O)NCc2ccc(F)c(F)c2)cnc2c(-c3c(F)cccc3Cl)cnn12. The number of halogens is 4. The van der Waals surface area contributed by atoms with E-state index in [1.165, 1.54) is 35.1 Å². The summed E-state index contributed by atoms with van der Waals surface area (Å²) >= 11 is 6.14. The molecule has 0 aliphatic rings. The van der Waals surface area contributed by atoms with Gasteiger partial charge in [-0.2, -0.15) is 5.10 Å². The molecule has 0 fully saturated rings. The van der Waals surface area contributed by atoms with Gasteiger partial charge in [0.15, 0.2) is 17.3 Å². The molecule has 0 bridgehead atoms. The smallest absolute Gasteiger partial charge is 0.254 e. The summed E-state index contributed by atoms with van der Waals surface area (Å²) in [5.74, 6) is -2.92. The number of amides is 1. The van der Waals surface area contributed by atoms with Crippen molar-refractivity contribution in [2.45, 2.75) is 13.5 Å². The number of fused-ring (bicyclic) bond motifs is 1. The Balaban J connectivity index is 1.64. The molecule has 0 saturated heterocycles. The summed E-state index contributed by atoms with van der Waals surface area (Å²) in [4.78, 5) is 16.8. The molecule has 2 aromatic heterocycles. The number of hydrogen-bond donors (Lipinski definition) is 1. The summed E-state index contributed by atoms with van der Waals surface area (Å²) in [5, 5.41) is 7.07. The minimum atomic E-state index is -0.989. The van der Waals surface area contributed by atoms with Gasteiger partial charge in [-0.25, -0.2) is 22.7 Å². The number of nitrogens with one attached hydrogen (secondary N) is 1. The first kappa shape index (κ1) is 19.9. The van der Waals surface area contributed by atoms with E-state index < -0.39 is 23.4 Å². The van der Waals surface area contributed by atoms with Gasteiger partial charge >= 0.3 is 0 Å². The Bertz CT molecular complexity index is 1270. The van der Waals surface area contributed by atoms with Crippen LogP contribution in [-0.2, 0) is 6.54 Å². The van der Waals surface area contributed by atoms with Gasteiger partial charge in [0, 0.05) is 18.3 Å². The quantitative estimate of drug-likeness (QED) is 0.510. The van der Waals surface area contributed by atoms with E-state index >= 15 is 0 Å². The zero-order chi connectivity index (χ0) is 21.4. The third-order valence-corrected chi connectivity index (χ3v) is 5.00. The number of hydrogen-bond acceptors (Lipinski definition) is 3. The summed E-state index contributed by atoms with van der Waals surface area (Å²) < 4.78 is 42.1. The first-order valence-corrected chi connectivity index (χ1v) is 9.24. The van der Waals surface area contributed by atoms with Crippen LogP contribution in [0.2, 0.25) is 5.02 Å². The second-order valence-electron chi connectivity index (χ2n) is 6.58. The molecule has 2 heterocycles. The zero-order valence-electron chi connectivity index (χ0n) is 15.6. The molecule has 0 radical (unpaired) electrons. The third kappa shape index (κ3) is 3.50. The lowest BCUT2D eigenvalue weighted by atomic mass is 10.1. The van der Waals surface area contributed by atoms with E-state index in [1.807, 2.05) is 0 Å². The van der Waals surface area contributed by atoms with Crippen molar-refractivity contribution >= 4 is 23.2 Å². The summed E-state index contributed by atoms with van der Waals surface area (Å²) in [6.07, 6.45) is 2.79. The third-order valence-electron chi connectivity index (χ3n) is 4.68. The normalized spacial score (nSPS) is 11.1. The molecule has 0 aliphatic carbocycles. The predicted molar refractivity (Wildman–Crippen MR) is 106 cm³/mol. The molecule has 4 rings (SSSR count). The highest BCUT2D eigenvalue weighted by Crippen LogP contribution is 2.33. The van der Waals surface area contributed by atoms with Crippen molar-refractivity contribution in [1.82, 2.24) is 19.9 Å². The maximum atomic E-state index is 14.3. The van der Waals surface area contributed by atoms with Gasteiger partial charge in [-0.1, -0.05) is 23.7 Å². The number of benzene rings is 2. The Morgan fingerprint density at radius 3 is 2.63 bits per heavy atom. The van der Waals surface area contributed by atoms with Crippen molar-refractivity contribution in [3.8, 4) is 11.1 Å². The number of aromatic nitrogens is 3. The van der Waals surface area contributed by atoms with Crippen molar-refractivity contribution in [2.75, 3.05) is 0 Å². The van der Waals surface area contributed by atoms with Crippen molar-refractivity contribution in [2.24, 2.45) is 0 Å². The fraction of sp³-hybridized carbons (Fsp3) is 0.0952. The van der Waals surface area contributed by atoms with E-state index in [9.17, 15) is 18.0 Å². The highest BCUT2D eigenvalue weighted by molar-refractivity contribution is 6.33. The van der Waals surface area contributed by atoms with Crippen LogP contribution in [0.15, 0.2) is 48.8 Å². The van der Waals surface area contributed by atoms with Crippen molar-refractivity contribution in [3.05, 3.63) is 88.1 Å². The van der Waals surface area contributed by atoms with Crippen molar-refractivity contribution in [1.29, 1.82) is 0 Å². The molecular formula is C21H14ClF3N4O. The minimum absolute atomic E-state index is 0.00268. The van der Waals surface area contributed by atoms with Gasteiger partial charge in [-0.15, -0.1) is 0 Å². The fourth-order valence-electron chi connectivity index (χ4n) is 3.13. The standard InChI is InChI=1S/C21H14ClF3N4O/c1-11-13(21(30)27-8-12-5-6-16(23)18(25)7-12)9-26-20-14(10-28-29(11)20)19-15(22)3-2-4-17(19)24/h2-7,9-10H,8H2,1H3,(H,27,30). The lowest BCUT2D eigenvalue weighted by Crippen LogP contribution is -2.25. The maximum Gasteiger partial charge on any atom is 0.254 e. The van der Waals surface area contributed by atoms with E-state index in [2.05, 4.69) is 15.4 Å². The largest absolute Gasteiger partial charge is 0.348 e. The molecule has 1 N–H and O–H groups in total. The van der Waals surface area contributed by atoms with Crippen LogP contribution in [0.25, 0.3) is 16.8 Å². The van der Waals surface area contributed by atoms with Gasteiger partial charge in [0.2, 0.25) is 0 Å². The molecule has 0 aliphatic heterocycles. The lowest BCUT2D eigenvalue weighted by Gasteiger charge is -2.10. The maximum absolute atomic E-state index is 14.3. The van der Waals surface area contributed by atoms with Crippen LogP contribution in [0.1, 0.15) is 21.6 Å². The van der Waals surface area contributed by atoms with E-state index in [4.69, 9.17) is 11.6 Å². The summed E-state index contributed by atoms with van der Waals surface area (Å²) in [7, 11) is 0. The average molecular weight is 431 g/mol. The Labute approximate surface area is 174 Å². The second kappa shape index (κ2) is 7.79. The fourth-order valence-corrected chi connectivity index (χ4v) is 3.39. The van der Waals surface area contributed by atoms with Gasteiger partial charge in [0.1, 0.15) is 5.82 Å². The topological polar surface area (TPSA) is 59.3 Å². The van der Waals surface area contributed by atoms with Gasteiger partial charge in [-0.05, 0) is 36.8 Å². The highest BCUT2D eigenvalue weighted by Gasteiger charge is 2.19. The molecular weight excluding hydrogens is 417 g/mol. The van der Waals surface area contributed by atoms with Crippen LogP contribution in [0, 0.1) is 24.4 Å². The van der Waals surface area contributed by atoms with Gasteiger partial charge < -0.3 is 5.32 Å². The molecule has 9 heteroatoms. The molecule has 5 nitrogen and oxygen atoms in total. The molecule has 2 aromatic carbocycles. The van der Waals surface area contributed by atoms with Crippen LogP contribution in [0.3, 0.4) is 0 Å². The molecule has 0 saturated carbocycles. The molecule has 0 atom stereocenters. The van der Waals surface area contributed by atoms with Gasteiger partial charge in [0.05, 0.1) is 28.0 Å². The number of aryl methyl sites for hydroxylation is 1. The Kier molecular flexibility index (Phi) is 5.17. The van der Waals surface area contributed by atoms with Crippen LogP contribution in [-0.4, -0.2) is 20.5 Å². The number of carbonyl (C=O) groups excluding carboxylic acids is 1. The van der Waals surface area contributed by atoms with Crippen molar-refractivity contribution in [3.63, 3.8) is 0 Å². The number of rotatable bonds is 4. The zero-order valence-corrected chi connectivity index (χ0v) is 16.3. The lowest BCUT2D eigenvalue weighted by molar-refractivity contribution is 0.0949. The molecule has 4 aromatic rings. The number of nitrogens with zero attached hydrogens (tertiary/aromatic N) is 3. The van der Waals surface area contributed by atoms with E-state index in [1.54, 1.807) is 13.0 Å². The molecule has 30 heavy (non-hydrogen) atoms. The molecule has 152 valence electrons. The minimum Gasteiger partial charge on any atom is -0.348 e. The number of carbonyl (C=O) groups is 1. The highest BCUT2D eigenvalue weighted by atomic mass is 35.5. The van der Waals surface area contributed by atoms with E-state index in [0.29, 0.717) is 22.5 Å². The summed E-state index contributed by atoms with van der Waals surface area (Å²) in [5.41, 5.74) is 2.04. The van der Waals surface area contributed by atoms with E-state index in [-0.39, 0.29) is 22.7 Å². The van der Waals surface area contributed by atoms with E-state index in [0.717, 1.165) is 12.1 Å². The van der Waals surface area contributed by atoms with Crippen LogP contribution in [0.5, 0.6) is 0 Å². The second-order valence-corrected chi connectivity index (χ2v) is 6.99. The van der Waals surface area contributed by atoms with Crippen molar-refractivity contribution < 1.29 is 18.0 Å².